The summed E-state index contributed by atoms with van der Waals surface area (Å²) in [5.74, 6) is -0.573. The lowest BCUT2D eigenvalue weighted by molar-refractivity contribution is -0.127. The van der Waals surface area contributed by atoms with Crippen molar-refractivity contribution in [3.05, 3.63) is 60.2 Å². The van der Waals surface area contributed by atoms with Crippen molar-refractivity contribution in [3.8, 4) is 11.5 Å². The molecule has 0 fully saturated rings. The Morgan fingerprint density at radius 2 is 1.65 bits per heavy atom. The Morgan fingerprint density at radius 1 is 1.00 bits per heavy atom. The molecular weight excluding hydrogens is 336 g/mol. The van der Waals surface area contributed by atoms with Crippen molar-refractivity contribution in [1.29, 1.82) is 0 Å². The quantitative estimate of drug-likeness (QED) is 0.776. The largest absolute Gasteiger partial charge is 0.456 e. The Bertz CT molecular complexity index is 777. The van der Waals surface area contributed by atoms with Crippen molar-refractivity contribution >= 4 is 17.9 Å². The number of benzene rings is 2. The van der Waals surface area contributed by atoms with E-state index in [2.05, 4.69) is 10.6 Å². The van der Waals surface area contributed by atoms with Crippen molar-refractivity contribution in [2.24, 2.45) is 0 Å². The Morgan fingerprint density at radius 3 is 2.35 bits per heavy atom. The molecule has 0 unspecified atom stereocenters. The van der Waals surface area contributed by atoms with Crippen LogP contribution in [0.15, 0.2) is 54.6 Å². The highest BCUT2D eigenvalue weighted by Gasteiger charge is 2.22. The summed E-state index contributed by atoms with van der Waals surface area (Å²) in [4.78, 5) is 35.7. The zero-order valence-electron chi connectivity index (χ0n) is 14.5. The molecule has 3 amide bonds. The molecule has 7 heteroatoms. The van der Waals surface area contributed by atoms with E-state index in [1.807, 2.05) is 18.2 Å². The van der Waals surface area contributed by atoms with Gasteiger partial charge in [-0.05, 0) is 38.1 Å². The summed E-state index contributed by atoms with van der Waals surface area (Å²) in [6, 6.07) is 14.9. The molecular formula is C19H20N2O5. The first kappa shape index (κ1) is 19.0. The number of imide groups is 1. The number of urea groups is 1. The van der Waals surface area contributed by atoms with E-state index in [9.17, 15) is 14.4 Å². The van der Waals surface area contributed by atoms with Crippen LogP contribution < -0.4 is 15.4 Å². The molecule has 7 nitrogen and oxygen atoms in total. The van der Waals surface area contributed by atoms with Crippen molar-refractivity contribution in [2.75, 3.05) is 6.54 Å². The lowest BCUT2D eigenvalue weighted by Crippen LogP contribution is -2.44. The van der Waals surface area contributed by atoms with Gasteiger partial charge in [0.25, 0.3) is 5.91 Å². The monoisotopic (exact) mass is 356 g/mol. The normalized spacial score (nSPS) is 11.2. The van der Waals surface area contributed by atoms with Gasteiger partial charge in [0.15, 0.2) is 6.10 Å². The summed E-state index contributed by atoms with van der Waals surface area (Å²) in [6.45, 7) is 3.47. The van der Waals surface area contributed by atoms with Crippen LogP contribution in [0.4, 0.5) is 4.79 Å². The molecule has 2 N–H and O–H groups in total. The van der Waals surface area contributed by atoms with Gasteiger partial charge in [0.1, 0.15) is 17.1 Å². The van der Waals surface area contributed by atoms with Crippen LogP contribution in [0.3, 0.4) is 0 Å². The first-order valence-electron chi connectivity index (χ1n) is 8.13. The second-order valence-corrected chi connectivity index (χ2v) is 5.31. The van der Waals surface area contributed by atoms with E-state index in [1.165, 1.54) is 13.0 Å². The molecule has 2 aromatic rings. The molecule has 136 valence electrons. The maximum Gasteiger partial charge on any atom is 0.342 e. The van der Waals surface area contributed by atoms with E-state index >= 15 is 0 Å². The fraction of sp³-hybridized carbons (Fsp3) is 0.211. The summed E-state index contributed by atoms with van der Waals surface area (Å²) >= 11 is 0. The standard InChI is InChI=1S/C19H20N2O5/c1-3-20-19(24)21-17(22)13(2)25-18(23)15-11-7-8-12-16(15)26-14-9-5-4-6-10-14/h4-13H,3H2,1-2H3,(H2,20,21,22,24)/t13-/m0/s1. The number of nitrogens with one attached hydrogen (secondary N) is 2. The second-order valence-electron chi connectivity index (χ2n) is 5.31. The third-order valence-corrected chi connectivity index (χ3v) is 3.31. The second kappa shape index (κ2) is 9.22. The van der Waals surface area contributed by atoms with Crippen LogP contribution in [-0.2, 0) is 9.53 Å². The van der Waals surface area contributed by atoms with Gasteiger partial charge in [0, 0.05) is 6.54 Å². The highest BCUT2D eigenvalue weighted by Crippen LogP contribution is 2.25. The van der Waals surface area contributed by atoms with E-state index in [-0.39, 0.29) is 5.56 Å². The lowest BCUT2D eigenvalue weighted by Gasteiger charge is -2.15. The Kier molecular flexibility index (Phi) is 6.73. The Hall–Kier alpha value is -3.35. The number of hydrogen-bond donors (Lipinski definition) is 2. The average Bonchev–Trinajstić information content (AvgIpc) is 2.63. The molecule has 0 spiro atoms. The van der Waals surface area contributed by atoms with Crippen molar-refractivity contribution in [2.45, 2.75) is 20.0 Å². The summed E-state index contributed by atoms with van der Waals surface area (Å²) < 4.78 is 10.8. The SMILES string of the molecule is CCNC(=O)NC(=O)[C@H](C)OC(=O)c1ccccc1Oc1ccccc1. The molecule has 1 atom stereocenters. The highest BCUT2D eigenvalue weighted by molar-refractivity contribution is 5.99. The molecule has 0 aromatic heterocycles. The number of esters is 1. The molecule has 2 rings (SSSR count). The van der Waals surface area contributed by atoms with Gasteiger partial charge in [-0.1, -0.05) is 30.3 Å². The number of rotatable bonds is 6. The first-order chi connectivity index (χ1) is 12.5. The zero-order valence-corrected chi connectivity index (χ0v) is 14.5. The third-order valence-electron chi connectivity index (χ3n) is 3.31. The molecule has 0 radical (unpaired) electrons. The van der Waals surface area contributed by atoms with Crippen LogP contribution in [-0.4, -0.2) is 30.6 Å². The maximum atomic E-state index is 12.4. The highest BCUT2D eigenvalue weighted by atomic mass is 16.5. The summed E-state index contributed by atoms with van der Waals surface area (Å²) in [5.41, 5.74) is 0.175. The predicted molar refractivity (Wildman–Crippen MR) is 95.1 cm³/mol. The van der Waals surface area contributed by atoms with Crippen molar-refractivity contribution in [3.63, 3.8) is 0 Å². The van der Waals surface area contributed by atoms with Gasteiger partial charge in [-0.25, -0.2) is 9.59 Å². The predicted octanol–water partition coefficient (Wildman–Crippen LogP) is 2.87. The maximum absolute atomic E-state index is 12.4. The van der Waals surface area contributed by atoms with E-state index < -0.39 is 24.0 Å². The van der Waals surface area contributed by atoms with Gasteiger partial charge in [-0.15, -0.1) is 0 Å². The number of carbonyl (C=O) groups excluding carboxylic acids is 3. The van der Waals surface area contributed by atoms with Crippen LogP contribution >= 0.6 is 0 Å². The van der Waals surface area contributed by atoms with Crippen molar-refractivity contribution in [1.82, 2.24) is 10.6 Å². The fourth-order valence-corrected chi connectivity index (χ4v) is 2.04. The van der Waals surface area contributed by atoms with E-state index in [1.54, 1.807) is 37.3 Å². The number of carbonyl (C=O) groups is 3. The van der Waals surface area contributed by atoms with Crippen LogP contribution in [0.2, 0.25) is 0 Å². The molecule has 2 aromatic carbocycles. The minimum absolute atomic E-state index is 0.175. The minimum Gasteiger partial charge on any atom is -0.456 e. The molecule has 0 aliphatic rings. The lowest BCUT2D eigenvalue weighted by atomic mass is 10.2. The molecule has 26 heavy (non-hydrogen) atoms. The number of amides is 3. The van der Waals surface area contributed by atoms with E-state index in [4.69, 9.17) is 9.47 Å². The molecule has 0 heterocycles. The van der Waals surface area contributed by atoms with Crippen LogP contribution in [0, 0.1) is 0 Å². The Balaban J connectivity index is 2.05. The van der Waals surface area contributed by atoms with Crippen LogP contribution in [0.25, 0.3) is 0 Å². The average molecular weight is 356 g/mol. The number of hydrogen-bond acceptors (Lipinski definition) is 5. The van der Waals surface area contributed by atoms with Gasteiger partial charge < -0.3 is 14.8 Å². The topological polar surface area (TPSA) is 93.7 Å². The van der Waals surface area contributed by atoms with E-state index in [0.29, 0.717) is 18.0 Å². The van der Waals surface area contributed by atoms with Gasteiger partial charge in [0.2, 0.25) is 0 Å². The van der Waals surface area contributed by atoms with Gasteiger partial charge >= 0.3 is 12.0 Å². The fourth-order valence-electron chi connectivity index (χ4n) is 2.04. The molecule has 0 saturated carbocycles. The van der Waals surface area contributed by atoms with E-state index in [0.717, 1.165) is 0 Å². The van der Waals surface area contributed by atoms with Crippen molar-refractivity contribution < 1.29 is 23.9 Å². The smallest absolute Gasteiger partial charge is 0.342 e. The molecule has 0 bridgehead atoms. The summed E-state index contributed by atoms with van der Waals surface area (Å²) in [6.07, 6.45) is -1.14. The Labute approximate surface area is 151 Å². The summed E-state index contributed by atoms with van der Waals surface area (Å²) in [7, 11) is 0. The zero-order chi connectivity index (χ0) is 18.9. The number of para-hydroxylation sites is 2. The molecule has 0 aliphatic heterocycles. The minimum atomic E-state index is -1.14. The molecule has 0 aliphatic carbocycles. The molecule has 0 saturated heterocycles. The third kappa shape index (κ3) is 5.34. The van der Waals surface area contributed by atoms with Crippen LogP contribution in [0.1, 0.15) is 24.2 Å². The first-order valence-corrected chi connectivity index (χ1v) is 8.13. The summed E-state index contributed by atoms with van der Waals surface area (Å²) in [5, 5.41) is 4.52. The van der Waals surface area contributed by atoms with Gasteiger partial charge in [0.05, 0.1) is 0 Å². The van der Waals surface area contributed by atoms with Crippen LogP contribution in [0.5, 0.6) is 11.5 Å². The van der Waals surface area contributed by atoms with Gasteiger partial charge in [-0.2, -0.15) is 0 Å². The van der Waals surface area contributed by atoms with Gasteiger partial charge in [-0.3, -0.25) is 10.1 Å². The number of ether oxygens (including phenoxy) is 2.